The average molecular weight is 245 g/mol. The van der Waals surface area contributed by atoms with Gasteiger partial charge in [-0.25, -0.2) is 0 Å². The summed E-state index contributed by atoms with van der Waals surface area (Å²) in [4.78, 5) is 13.4. The molecule has 0 fully saturated rings. The Hall–Kier alpha value is -0.650. The molecule has 5 heteroatoms. The van der Waals surface area contributed by atoms with Crippen LogP contribution in [0.25, 0.3) is 0 Å². The van der Waals surface area contributed by atoms with Gasteiger partial charge in [0.05, 0.1) is 12.1 Å². The lowest BCUT2D eigenvalue weighted by atomic mass is 10.1. The largest absolute Gasteiger partial charge is 0.387 e. The predicted octanol–water partition coefficient (Wildman–Crippen LogP) is -0.197. The van der Waals surface area contributed by atoms with Gasteiger partial charge in [0.25, 0.3) is 0 Å². The van der Waals surface area contributed by atoms with Crippen molar-refractivity contribution in [3.8, 4) is 0 Å². The van der Waals surface area contributed by atoms with E-state index in [-0.39, 0.29) is 24.5 Å². The zero-order chi connectivity index (χ0) is 13.7. The number of aliphatic hydroxyl groups is 1. The van der Waals surface area contributed by atoms with Crippen LogP contribution in [-0.2, 0) is 4.79 Å². The number of nitrogens with one attached hydrogen (secondary N) is 2. The van der Waals surface area contributed by atoms with Gasteiger partial charge in [0.1, 0.15) is 0 Å². The number of hydrogen-bond donors (Lipinski definition) is 3. The molecule has 0 aliphatic carbocycles. The summed E-state index contributed by atoms with van der Waals surface area (Å²) in [6, 6.07) is 0. The molecule has 0 aromatic heterocycles. The molecule has 0 heterocycles. The summed E-state index contributed by atoms with van der Waals surface area (Å²) in [5.41, 5.74) is -0.982. The second-order valence-electron chi connectivity index (χ2n) is 6.12. The number of likely N-dealkylation sites (N-methyl/N-ethyl adjacent to an activating group) is 1. The Labute approximate surface area is 105 Å². The van der Waals surface area contributed by atoms with Crippen molar-refractivity contribution in [2.75, 3.05) is 33.7 Å². The predicted molar refractivity (Wildman–Crippen MR) is 69.9 cm³/mol. The average Bonchev–Trinajstić information content (AvgIpc) is 2.08. The lowest BCUT2D eigenvalue weighted by Gasteiger charge is -2.27. The van der Waals surface area contributed by atoms with Crippen LogP contribution in [0.15, 0.2) is 0 Å². The third-order valence-electron chi connectivity index (χ3n) is 2.10. The molecule has 0 aromatic carbocycles. The SMILES string of the molecule is CN(C)CC(C)(O)CNC(=O)CNC(C)(C)C. The highest BCUT2D eigenvalue weighted by Gasteiger charge is 2.22. The van der Waals surface area contributed by atoms with Crippen molar-refractivity contribution in [3.63, 3.8) is 0 Å². The van der Waals surface area contributed by atoms with Crippen LogP contribution in [0.5, 0.6) is 0 Å². The van der Waals surface area contributed by atoms with Gasteiger partial charge in [-0.05, 0) is 41.8 Å². The second kappa shape index (κ2) is 6.33. The van der Waals surface area contributed by atoms with E-state index in [4.69, 9.17) is 0 Å². The summed E-state index contributed by atoms with van der Waals surface area (Å²) in [7, 11) is 3.77. The Morgan fingerprint density at radius 1 is 1.24 bits per heavy atom. The molecule has 5 nitrogen and oxygen atoms in total. The molecule has 1 unspecified atom stereocenters. The molecule has 0 radical (unpaired) electrons. The van der Waals surface area contributed by atoms with E-state index in [0.29, 0.717) is 6.54 Å². The maximum absolute atomic E-state index is 11.5. The molecule has 0 saturated heterocycles. The standard InChI is InChI=1S/C12H27N3O2/c1-11(2,3)14-7-10(16)13-8-12(4,17)9-15(5)6/h14,17H,7-9H2,1-6H3,(H,13,16). The van der Waals surface area contributed by atoms with Crippen molar-refractivity contribution in [1.82, 2.24) is 15.5 Å². The van der Waals surface area contributed by atoms with Gasteiger partial charge in [-0.3, -0.25) is 4.79 Å². The summed E-state index contributed by atoms with van der Waals surface area (Å²) < 4.78 is 0. The second-order valence-corrected chi connectivity index (χ2v) is 6.12. The number of nitrogens with zero attached hydrogens (tertiary/aromatic N) is 1. The molecule has 0 spiro atoms. The Bertz CT molecular complexity index is 245. The van der Waals surface area contributed by atoms with E-state index in [9.17, 15) is 9.90 Å². The first-order valence-electron chi connectivity index (χ1n) is 5.91. The van der Waals surface area contributed by atoms with Crippen LogP contribution in [0, 0.1) is 0 Å². The van der Waals surface area contributed by atoms with E-state index < -0.39 is 5.60 Å². The molecule has 0 rings (SSSR count). The molecule has 1 amide bonds. The van der Waals surface area contributed by atoms with E-state index in [2.05, 4.69) is 10.6 Å². The highest BCUT2D eigenvalue weighted by molar-refractivity contribution is 5.78. The van der Waals surface area contributed by atoms with Gasteiger partial charge >= 0.3 is 0 Å². The number of carbonyl (C=O) groups is 1. The van der Waals surface area contributed by atoms with E-state index in [1.807, 2.05) is 39.8 Å². The van der Waals surface area contributed by atoms with Gasteiger partial charge in [-0.15, -0.1) is 0 Å². The lowest BCUT2D eigenvalue weighted by Crippen LogP contribution is -2.50. The van der Waals surface area contributed by atoms with Gasteiger partial charge < -0.3 is 20.6 Å². The topological polar surface area (TPSA) is 64.6 Å². The maximum atomic E-state index is 11.5. The normalized spacial score (nSPS) is 15.8. The molecule has 0 aliphatic rings. The first kappa shape index (κ1) is 16.4. The summed E-state index contributed by atoms with van der Waals surface area (Å²) in [5, 5.41) is 15.8. The molecule has 0 aliphatic heterocycles. The van der Waals surface area contributed by atoms with Gasteiger partial charge in [-0.1, -0.05) is 0 Å². The number of rotatable bonds is 6. The fourth-order valence-corrected chi connectivity index (χ4v) is 1.43. The van der Waals surface area contributed by atoms with Crippen molar-refractivity contribution in [1.29, 1.82) is 0 Å². The first-order valence-corrected chi connectivity index (χ1v) is 5.91. The molecule has 1 atom stereocenters. The Kier molecular flexibility index (Phi) is 6.09. The summed E-state index contributed by atoms with van der Waals surface area (Å²) in [6.45, 7) is 8.76. The van der Waals surface area contributed by atoms with E-state index in [0.717, 1.165) is 0 Å². The highest BCUT2D eigenvalue weighted by Crippen LogP contribution is 2.02. The van der Waals surface area contributed by atoms with Gasteiger partial charge in [-0.2, -0.15) is 0 Å². The molecule has 0 bridgehead atoms. The monoisotopic (exact) mass is 245 g/mol. The fraction of sp³-hybridized carbons (Fsp3) is 0.917. The van der Waals surface area contributed by atoms with Crippen molar-refractivity contribution < 1.29 is 9.90 Å². The fourth-order valence-electron chi connectivity index (χ4n) is 1.43. The van der Waals surface area contributed by atoms with Crippen LogP contribution in [0.2, 0.25) is 0 Å². The third-order valence-corrected chi connectivity index (χ3v) is 2.10. The van der Waals surface area contributed by atoms with Crippen LogP contribution in [0.4, 0.5) is 0 Å². The highest BCUT2D eigenvalue weighted by atomic mass is 16.3. The van der Waals surface area contributed by atoms with E-state index >= 15 is 0 Å². The first-order chi connectivity index (χ1) is 7.52. The third kappa shape index (κ3) is 10.2. The summed E-state index contributed by atoms with van der Waals surface area (Å²) in [5.74, 6) is -0.0982. The lowest BCUT2D eigenvalue weighted by molar-refractivity contribution is -0.121. The zero-order valence-electron chi connectivity index (χ0n) is 11.9. The molecular formula is C12H27N3O2. The minimum atomic E-state index is -0.902. The van der Waals surface area contributed by atoms with E-state index in [1.165, 1.54) is 0 Å². The van der Waals surface area contributed by atoms with Crippen molar-refractivity contribution in [3.05, 3.63) is 0 Å². The Balaban J connectivity index is 3.91. The van der Waals surface area contributed by atoms with Gasteiger partial charge in [0.2, 0.25) is 5.91 Å². The molecule has 102 valence electrons. The Morgan fingerprint density at radius 3 is 2.18 bits per heavy atom. The van der Waals surface area contributed by atoms with Gasteiger partial charge in [0.15, 0.2) is 0 Å². The van der Waals surface area contributed by atoms with Crippen LogP contribution in [0.1, 0.15) is 27.7 Å². The van der Waals surface area contributed by atoms with Gasteiger partial charge in [0, 0.05) is 18.6 Å². The smallest absolute Gasteiger partial charge is 0.234 e. The molecule has 0 aromatic rings. The Morgan fingerprint density at radius 2 is 1.76 bits per heavy atom. The van der Waals surface area contributed by atoms with Crippen LogP contribution < -0.4 is 10.6 Å². The van der Waals surface area contributed by atoms with Crippen LogP contribution in [-0.4, -0.2) is 60.8 Å². The zero-order valence-corrected chi connectivity index (χ0v) is 11.9. The number of carbonyl (C=O) groups excluding carboxylic acids is 1. The summed E-state index contributed by atoms with van der Waals surface area (Å²) >= 11 is 0. The minimum Gasteiger partial charge on any atom is -0.387 e. The number of amides is 1. The van der Waals surface area contributed by atoms with Crippen molar-refractivity contribution >= 4 is 5.91 Å². The minimum absolute atomic E-state index is 0.0799. The van der Waals surface area contributed by atoms with E-state index in [1.54, 1.807) is 6.92 Å². The summed E-state index contributed by atoms with van der Waals surface area (Å²) in [6.07, 6.45) is 0. The molecular weight excluding hydrogens is 218 g/mol. The van der Waals surface area contributed by atoms with Crippen molar-refractivity contribution in [2.45, 2.75) is 38.8 Å². The maximum Gasteiger partial charge on any atom is 0.234 e. The molecule has 17 heavy (non-hydrogen) atoms. The van der Waals surface area contributed by atoms with Crippen molar-refractivity contribution in [2.24, 2.45) is 0 Å². The number of hydrogen-bond acceptors (Lipinski definition) is 4. The molecule has 0 saturated carbocycles. The molecule has 3 N–H and O–H groups in total. The van der Waals surface area contributed by atoms with Crippen LogP contribution in [0.3, 0.4) is 0 Å². The quantitative estimate of drug-likeness (QED) is 0.606. The van der Waals surface area contributed by atoms with Crippen LogP contribution >= 0.6 is 0 Å².